The van der Waals surface area contributed by atoms with E-state index in [0.717, 1.165) is 65.9 Å². The van der Waals surface area contributed by atoms with E-state index in [1.54, 1.807) is 11.3 Å². The molecule has 0 saturated carbocycles. The summed E-state index contributed by atoms with van der Waals surface area (Å²) in [6.45, 7) is 0. The minimum absolute atomic E-state index is 0.730. The molecule has 196 valence electrons. The fraction of sp³-hybridized carbons (Fsp3) is 0. The van der Waals surface area contributed by atoms with Gasteiger partial charge in [-0.2, -0.15) is 0 Å². The molecule has 42 heavy (non-hydrogen) atoms. The number of benzene rings is 6. The van der Waals surface area contributed by atoms with Crippen LogP contribution in [-0.2, 0) is 0 Å². The monoisotopic (exact) mass is 554 g/mol. The molecule has 0 saturated heterocycles. The molecule has 0 aliphatic heterocycles. The number of furan rings is 1. The Balaban J connectivity index is 1.18. The summed E-state index contributed by atoms with van der Waals surface area (Å²) in [6.07, 6.45) is 0. The van der Waals surface area contributed by atoms with Crippen molar-refractivity contribution in [3.05, 3.63) is 133 Å². The first-order valence-electron chi connectivity index (χ1n) is 14.0. The van der Waals surface area contributed by atoms with E-state index >= 15 is 0 Å². The van der Waals surface area contributed by atoms with Gasteiger partial charge in [-0.15, -0.1) is 11.3 Å². The van der Waals surface area contributed by atoms with Crippen LogP contribution in [0, 0.1) is 0 Å². The number of fused-ring (bicyclic) bond motifs is 7. The van der Waals surface area contributed by atoms with Crippen molar-refractivity contribution < 1.29 is 4.42 Å². The van der Waals surface area contributed by atoms with Gasteiger partial charge in [-0.1, -0.05) is 103 Å². The molecular formula is C38H22N2OS. The Hall–Kier alpha value is -5.32. The first kappa shape index (κ1) is 23.4. The van der Waals surface area contributed by atoms with E-state index in [-0.39, 0.29) is 0 Å². The van der Waals surface area contributed by atoms with Crippen LogP contribution in [0.25, 0.3) is 86.8 Å². The van der Waals surface area contributed by atoms with E-state index in [2.05, 4.69) is 115 Å². The standard InChI is InChI=1S/C38H22N2OS/c1-2-8-26-21-28(18-15-23(26)7-1)35-37-36(31-10-4-6-12-34(31)42-37)40-38(39-35)25-16-13-24(14-17-25)27-19-20-30-29-9-3-5-11-32(29)41-33(30)22-27/h1-22H. The van der Waals surface area contributed by atoms with Gasteiger partial charge in [0.2, 0.25) is 0 Å². The molecule has 0 fully saturated rings. The number of rotatable bonds is 3. The molecule has 9 aromatic rings. The lowest BCUT2D eigenvalue weighted by Gasteiger charge is -2.09. The molecule has 0 spiro atoms. The zero-order chi connectivity index (χ0) is 27.6. The smallest absolute Gasteiger partial charge is 0.160 e. The van der Waals surface area contributed by atoms with Gasteiger partial charge >= 0.3 is 0 Å². The van der Waals surface area contributed by atoms with Crippen LogP contribution < -0.4 is 0 Å². The molecule has 0 unspecified atom stereocenters. The largest absolute Gasteiger partial charge is 0.456 e. The van der Waals surface area contributed by atoms with Gasteiger partial charge in [-0.05, 0) is 52.2 Å². The molecule has 0 radical (unpaired) electrons. The van der Waals surface area contributed by atoms with Gasteiger partial charge in [0.05, 0.1) is 15.9 Å². The second-order valence-electron chi connectivity index (χ2n) is 10.6. The van der Waals surface area contributed by atoms with E-state index in [0.29, 0.717) is 0 Å². The van der Waals surface area contributed by atoms with Crippen LogP contribution in [0.5, 0.6) is 0 Å². The van der Waals surface area contributed by atoms with E-state index in [9.17, 15) is 0 Å². The molecular weight excluding hydrogens is 532 g/mol. The molecule has 0 aliphatic carbocycles. The lowest BCUT2D eigenvalue weighted by atomic mass is 10.0. The Morgan fingerprint density at radius 3 is 2.07 bits per heavy atom. The van der Waals surface area contributed by atoms with Gasteiger partial charge in [0, 0.05) is 32.0 Å². The zero-order valence-electron chi connectivity index (χ0n) is 22.4. The predicted molar refractivity (Wildman–Crippen MR) is 176 cm³/mol. The molecule has 6 aromatic carbocycles. The van der Waals surface area contributed by atoms with Gasteiger partial charge in [-0.3, -0.25) is 0 Å². The van der Waals surface area contributed by atoms with E-state index in [1.807, 2.05) is 18.2 Å². The summed E-state index contributed by atoms with van der Waals surface area (Å²) in [5, 5.41) is 5.87. The zero-order valence-corrected chi connectivity index (χ0v) is 23.2. The second kappa shape index (κ2) is 9.10. The minimum atomic E-state index is 0.730. The average molecular weight is 555 g/mol. The van der Waals surface area contributed by atoms with Crippen LogP contribution in [0.15, 0.2) is 138 Å². The summed E-state index contributed by atoms with van der Waals surface area (Å²) < 4.78 is 8.48. The number of hydrogen-bond donors (Lipinski definition) is 0. The third-order valence-corrected chi connectivity index (χ3v) is 9.26. The van der Waals surface area contributed by atoms with Crippen LogP contribution in [0.2, 0.25) is 0 Å². The van der Waals surface area contributed by atoms with Crippen molar-refractivity contribution in [2.45, 2.75) is 0 Å². The van der Waals surface area contributed by atoms with Crippen LogP contribution in [0.4, 0.5) is 0 Å². The maximum Gasteiger partial charge on any atom is 0.160 e. The highest BCUT2D eigenvalue weighted by Crippen LogP contribution is 2.40. The molecule has 0 bridgehead atoms. The van der Waals surface area contributed by atoms with Crippen molar-refractivity contribution in [1.29, 1.82) is 0 Å². The van der Waals surface area contributed by atoms with Crippen LogP contribution >= 0.6 is 11.3 Å². The summed E-state index contributed by atoms with van der Waals surface area (Å²) in [6, 6.07) is 46.7. The Morgan fingerprint density at radius 2 is 1.17 bits per heavy atom. The third kappa shape index (κ3) is 3.66. The van der Waals surface area contributed by atoms with Crippen LogP contribution in [0.1, 0.15) is 0 Å². The van der Waals surface area contributed by atoms with Crippen molar-refractivity contribution in [2.75, 3.05) is 0 Å². The molecule has 0 atom stereocenters. The Labute approximate surface area is 245 Å². The topological polar surface area (TPSA) is 38.9 Å². The van der Waals surface area contributed by atoms with Gasteiger partial charge < -0.3 is 4.42 Å². The quantitative estimate of drug-likeness (QED) is 0.218. The molecule has 9 rings (SSSR count). The first-order chi connectivity index (χ1) is 20.8. The maximum absolute atomic E-state index is 6.14. The van der Waals surface area contributed by atoms with Crippen LogP contribution in [-0.4, -0.2) is 9.97 Å². The van der Waals surface area contributed by atoms with Crippen molar-refractivity contribution in [2.24, 2.45) is 0 Å². The van der Waals surface area contributed by atoms with Gasteiger partial charge in [0.1, 0.15) is 11.2 Å². The highest BCUT2D eigenvalue weighted by molar-refractivity contribution is 7.26. The number of para-hydroxylation sites is 1. The molecule has 4 heteroatoms. The van der Waals surface area contributed by atoms with Crippen molar-refractivity contribution in [1.82, 2.24) is 9.97 Å². The highest BCUT2D eigenvalue weighted by atomic mass is 32.1. The van der Waals surface area contributed by atoms with E-state index < -0.39 is 0 Å². The fourth-order valence-corrected chi connectivity index (χ4v) is 7.12. The van der Waals surface area contributed by atoms with Crippen molar-refractivity contribution in [3.8, 4) is 33.8 Å². The summed E-state index contributed by atoms with van der Waals surface area (Å²) >= 11 is 1.76. The summed E-state index contributed by atoms with van der Waals surface area (Å²) in [7, 11) is 0. The molecule has 0 amide bonds. The van der Waals surface area contributed by atoms with E-state index in [4.69, 9.17) is 14.4 Å². The second-order valence-corrected chi connectivity index (χ2v) is 11.7. The SMILES string of the molecule is c1ccc2cc(-c3nc(-c4ccc(-c5ccc6c(c5)oc5ccccc56)cc4)nc4c3sc3ccccc34)ccc2c1. The Kier molecular flexibility index (Phi) is 5.07. The Bertz CT molecular complexity index is 2470. The van der Waals surface area contributed by atoms with Gasteiger partial charge in [0.15, 0.2) is 5.82 Å². The number of aromatic nitrogens is 2. The van der Waals surface area contributed by atoms with Crippen molar-refractivity contribution >= 4 is 64.4 Å². The predicted octanol–water partition coefficient (Wildman–Crippen LogP) is 10.9. The molecule has 3 nitrogen and oxygen atoms in total. The third-order valence-electron chi connectivity index (χ3n) is 8.10. The number of thiophene rings is 1. The normalized spacial score (nSPS) is 11.8. The molecule has 0 N–H and O–H groups in total. The van der Waals surface area contributed by atoms with Crippen LogP contribution in [0.3, 0.4) is 0 Å². The number of hydrogen-bond acceptors (Lipinski definition) is 4. The molecule has 3 heterocycles. The minimum Gasteiger partial charge on any atom is -0.456 e. The molecule has 0 aliphatic rings. The summed E-state index contributed by atoms with van der Waals surface area (Å²) in [5.41, 5.74) is 8.12. The lowest BCUT2D eigenvalue weighted by molar-refractivity contribution is 0.669. The number of nitrogens with zero attached hydrogens (tertiary/aromatic N) is 2. The molecule has 3 aromatic heterocycles. The Morgan fingerprint density at radius 1 is 0.476 bits per heavy atom. The summed E-state index contributed by atoms with van der Waals surface area (Å²) in [5.74, 6) is 0.730. The lowest BCUT2D eigenvalue weighted by Crippen LogP contribution is -1.94. The maximum atomic E-state index is 6.14. The summed E-state index contributed by atoms with van der Waals surface area (Å²) in [4.78, 5) is 10.3. The highest BCUT2D eigenvalue weighted by Gasteiger charge is 2.17. The van der Waals surface area contributed by atoms with Crippen molar-refractivity contribution in [3.63, 3.8) is 0 Å². The average Bonchev–Trinajstić information content (AvgIpc) is 3.62. The first-order valence-corrected chi connectivity index (χ1v) is 14.8. The van der Waals surface area contributed by atoms with Gasteiger partial charge in [-0.25, -0.2) is 9.97 Å². The fourth-order valence-electron chi connectivity index (χ4n) is 5.97. The van der Waals surface area contributed by atoms with Gasteiger partial charge in [0.25, 0.3) is 0 Å². The van der Waals surface area contributed by atoms with E-state index in [1.165, 1.54) is 20.9 Å².